The van der Waals surface area contributed by atoms with Gasteiger partial charge in [0.1, 0.15) is 0 Å². The van der Waals surface area contributed by atoms with E-state index in [0.717, 1.165) is 62.4 Å². The molecule has 0 aromatic carbocycles. The van der Waals surface area contributed by atoms with E-state index in [4.69, 9.17) is 4.74 Å². The van der Waals surface area contributed by atoms with Crippen molar-refractivity contribution in [3.63, 3.8) is 0 Å². The Kier molecular flexibility index (Phi) is 5.07. The zero-order chi connectivity index (χ0) is 16.4. The van der Waals surface area contributed by atoms with Gasteiger partial charge in [-0.05, 0) is 52.5 Å². The normalized spacial score (nSPS) is 25.2. The molecule has 1 aliphatic heterocycles. The lowest BCUT2D eigenvalue weighted by Crippen LogP contribution is -2.59. The minimum Gasteiger partial charge on any atom is -0.381 e. The highest BCUT2D eigenvalue weighted by Crippen LogP contribution is 2.23. The van der Waals surface area contributed by atoms with E-state index in [-0.39, 0.29) is 11.9 Å². The van der Waals surface area contributed by atoms with Gasteiger partial charge in [-0.15, -0.1) is 0 Å². The van der Waals surface area contributed by atoms with E-state index >= 15 is 0 Å². The van der Waals surface area contributed by atoms with Crippen molar-refractivity contribution in [2.45, 2.75) is 71.1 Å². The molecule has 1 saturated carbocycles. The maximum Gasteiger partial charge on any atom is 0.253 e. The number of nitrogens with zero attached hydrogens (tertiary/aromatic N) is 1. The topological polar surface area (TPSA) is 55.3 Å². The second-order valence-corrected chi connectivity index (χ2v) is 6.85. The van der Waals surface area contributed by atoms with E-state index in [9.17, 15) is 4.79 Å². The van der Waals surface area contributed by atoms with Gasteiger partial charge < -0.3 is 19.9 Å². The Morgan fingerprint density at radius 1 is 1.22 bits per heavy atom. The van der Waals surface area contributed by atoms with E-state index in [1.807, 2.05) is 13.0 Å². The number of nitrogens with one attached hydrogen (secondary N) is 2. The lowest BCUT2D eigenvalue weighted by Gasteiger charge is -2.41. The maximum absolute atomic E-state index is 12.6. The van der Waals surface area contributed by atoms with Gasteiger partial charge in [0.2, 0.25) is 0 Å². The van der Waals surface area contributed by atoms with Crippen LogP contribution in [0.2, 0.25) is 0 Å². The Labute approximate surface area is 138 Å². The fraction of sp³-hybridized carbons (Fsp3) is 0.722. The van der Waals surface area contributed by atoms with E-state index < -0.39 is 0 Å². The molecular formula is C18H29N3O2. The predicted molar refractivity (Wildman–Crippen MR) is 90.8 cm³/mol. The molecule has 2 aliphatic rings. The molecule has 23 heavy (non-hydrogen) atoms. The molecular weight excluding hydrogens is 290 g/mol. The second kappa shape index (κ2) is 7.05. The van der Waals surface area contributed by atoms with Crippen LogP contribution in [0.4, 0.5) is 0 Å². The average Bonchev–Trinajstić information content (AvgIpc) is 2.84. The fourth-order valence-corrected chi connectivity index (χ4v) is 3.80. The molecule has 0 unspecified atom stereocenters. The molecule has 1 saturated heterocycles. The monoisotopic (exact) mass is 319 g/mol. The van der Waals surface area contributed by atoms with Crippen LogP contribution in [0.3, 0.4) is 0 Å². The molecule has 2 heterocycles. The van der Waals surface area contributed by atoms with E-state index in [1.54, 1.807) is 0 Å². The van der Waals surface area contributed by atoms with Crippen LogP contribution in [0.15, 0.2) is 6.07 Å². The number of aromatic nitrogens is 1. The maximum atomic E-state index is 12.6. The minimum absolute atomic E-state index is 0.0706. The molecule has 5 nitrogen and oxygen atoms in total. The van der Waals surface area contributed by atoms with Gasteiger partial charge in [0, 0.05) is 49.3 Å². The van der Waals surface area contributed by atoms with Crippen LogP contribution in [0.5, 0.6) is 0 Å². The van der Waals surface area contributed by atoms with Crippen LogP contribution >= 0.6 is 0 Å². The summed E-state index contributed by atoms with van der Waals surface area (Å²) in [4.78, 5) is 12.6. The van der Waals surface area contributed by atoms with Gasteiger partial charge in [-0.2, -0.15) is 0 Å². The third-order valence-corrected chi connectivity index (χ3v) is 5.40. The Hall–Kier alpha value is -1.33. The lowest BCUT2D eigenvalue weighted by molar-refractivity contribution is 0.0652. The number of hydrogen-bond acceptors (Lipinski definition) is 3. The first-order valence-electron chi connectivity index (χ1n) is 8.91. The summed E-state index contributed by atoms with van der Waals surface area (Å²) in [6.45, 7) is 8.81. The van der Waals surface area contributed by atoms with Crippen LogP contribution in [0, 0.1) is 13.8 Å². The van der Waals surface area contributed by atoms with Gasteiger partial charge in [0.15, 0.2) is 0 Å². The smallest absolute Gasteiger partial charge is 0.253 e. The standard InChI is InChI=1S/C18H29N3O2/c1-4-21-12(2)11-15(13(21)3)18(22)20-17-6-5-16(17)19-14-7-9-23-10-8-14/h11,14,16-17,19H,4-10H2,1-3H3,(H,20,22)/t16-,17+/m0/s1. The zero-order valence-electron chi connectivity index (χ0n) is 14.5. The number of ether oxygens (including phenoxy) is 1. The average molecular weight is 319 g/mol. The summed E-state index contributed by atoms with van der Waals surface area (Å²) < 4.78 is 7.60. The number of hydrogen-bond donors (Lipinski definition) is 2. The Bertz CT molecular complexity index is 561. The molecule has 128 valence electrons. The molecule has 2 fully saturated rings. The Morgan fingerprint density at radius 2 is 1.91 bits per heavy atom. The molecule has 1 aliphatic carbocycles. The van der Waals surface area contributed by atoms with Crippen molar-refractivity contribution in [3.05, 3.63) is 23.0 Å². The molecule has 1 amide bonds. The molecule has 1 aromatic heterocycles. The van der Waals surface area contributed by atoms with Crippen LogP contribution in [0.25, 0.3) is 0 Å². The third-order valence-electron chi connectivity index (χ3n) is 5.40. The third kappa shape index (κ3) is 3.45. The molecule has 1 aromatic rings. The minimum atomic E-state index is 0.0706. The highest BCUT2D eigenvalue weighted by Gasteiger charge is 2.34. The molecule has 0 spiro atoms. The number of amides is 1. The van der Waals surface area contributed by atoms with E-state index in [0.29, 0.717) is 12.1 Å². The van der Waals surface area contributed by atoms with Crippen molar-refractivity contribution >= 4 is 5.91 Å². The van der Waals surface area contributed by atoms with E-state index in [2.05, 4.69) is 29.0 Å². The van der Waals surface area contributed by atoms with Gasteiger partial charge in [0.05, 0.1) is 5.56 Å². The molecule has 0 radical (unpaired) electrons. The summed E-state index contributed by atoms with van der Waals surface area (Å²) in [5.41, 5.74) is 3.04. The van der Waals surface area contributed by atoms with Gasteiger partial charge >= 0.3 is 0 Å². The lowest BCUT2D eigenvalue weighted by atomic mass is 9.85. The fourth-order valence-electron chi connectivity index (χ4n) is 3.80. The van der Waals surface area contributed by atoms with Crippen molar-refractivity contribution in [2.24, 2.45) is 0 Å². The number of rotatable bonds is 5. The summed E-state index contributed by atoms with van der Waals surface area (Å²) in [5, 5.41) is 6.94. The predicted octanol–water partition coefficient (Wildman–Crippen LogP) is 2.15. The highest BCUT2D eigenvalue weighted by molar-refractivity contribution is 5.96. The quantitative estimate of drug-likeness (QED) is 0.874. The van der Waals surface area contributed by atoms with Crippen molar-refractivity contribution in [2.75, 3.05) is 13.2 Å². The molecule has 5 heteroatoms. The zero-order valence-corrected chi connectivity index (χ0v) is 14.5. The van der Waals surface area contributed by atoms with Crippen LogP contribution < -0.4 is 10.6 Å². The molecule has 0 bridgehead atoms. The first-order chi connectivity index (χ1) is 11.1. The summed E-state index contributed by atoms with van der Waals surface area (Å²) in [6.07, 6.45) is 4.37. The van der Waals surface area contributed by atoms with Gasteiger partial charge in [-0.3, -0.25) is 4.79 Å². The summed E-state index contributed by atoms with van der Waals surface area (Å²) in [5.74, 6) is 0.0706. The van der Waals surface area contributed by atoms with Crippen molar-refractivity contribution in [1.82, 2.24) is 15.2 Å². The number of carbonyl (C=O) groups excluding carboxylic acids is 1. The van der Waals surface area contributed by atoms with Crippen LogP contribution in [-0.4, -0.2) is 41.8 Å². The Balaban J connectivity index is 1.57. The first-order valence-corrected chi connectivity index (χ1v) is 8.91. The van der Waals surface area contributed by atoms with Gasteiger partial charge in [-0.1, -0.05) is 0 Å². The summed E-state index contributed by atoms with van der Waals surface area (Å²) >= 11 is 0. The van der Waals surface area contributed by atoms with Crippen LogP contribution in [-0.2, 0) is 11.3 Å². The van der Waals surface area contributed by atoms with Crippen molar-refractivity contribution in [1.29, 1.82) is 0 Å². The summed E-state index contributed by atoms with van der Waals surface area (Å²) in [7, 11) is 0. The molecule has 2 atom stereocenters. The molecule has 3 rings (SSSR count). The molecule has 2 N–H and O–H groups in total. The summed E-state index contributed by atoms with van der Waals surface area (Å²) in [6, 6.07) is 3.22. The second-order valence-electron chi connectivity index (χ2n) is 6.85. The van der Waals surface area contributed by atoms with Gasteiger partial charge in [0.25, 0.3) is 5.91 Å². The largest absolute Gasteiger partial charge is 0.381 e. The first kappa shape index (κ1) is 16.5. The number of carbonyl (C=O) groups is 1. The van der Waals surface area contributed by atoms with Crippen molar-refractivity contribution < 1.29 is 9.53 Å². The van der Waals surface area contributed by atoms with Gasteiger partial charge in [-0.25, -0.2) is 0 Å². The van der Waals surface area contributed by atoms with Crippen molar-refractivity contribution in [3.8, 4) is 0 Å². The number of aryl methyl sites for hydroxylation is 1. The highest BCUT2D eigenvalue weighted by atomic mass is 16.5. The SMILES string of the molecule is CCn1c(C)cc(C(=O)N[C@@H]2CC[C@@H]2NC2CCOCC2)c1C. The Morgan fingerprint density at radius 3 is 2.48 bits per heavy atom. The van der Waals surface area contributed by atoms with Crippen LogP contribution in [0.1, 0.15) is 54.4 Å². The van der Waals surface area contributed by atoms with E-state index in [1.165, 1.54) is 0 Å².